The molecule has 1 unspecified atom stereocenters. The highest BCUT2D eigenvalue weighted by Gasteiger charge is 2.11. The Morgan fingerprint density at radius 2 is 2.23 bits per heavy atom. The van der Waals surface area contributed by atoms with Gasteiger partial charge in [0.15, 0.2) is 0 Å². The van der Waals surface area contributed by atoms with Gasteiger partial charge >= 0.3 is 0 Å². The van der Waals surface area contributed by atoms with Gasteiger partial charge in [-0.1, -0.05) is 17.7 Å². The van der Waals surface area contributed by atoms with E-state index in [1.165, 1.54) is 6.07 Å². The van der Waals surface area contributed by atoms with Crippen molar-refractivity contribution in [2.24, 2.45) is 0 Å². The van der Waals surface area contributed by atoms with Crippen LogP contribution >= 0.6 is 11.6 Å². The van der Waals surface area contributed by atoms with Gasteiger partial charge in [0, 0.05) is 10.6 Å². The van der Waals surface area contributed by atoms with Crippen molar-refractivity contribution in [1.29, 1.82) is 0 Å². The number of rotatable bonds is 3. The lowest BCUT2D eigenvalue weighted by Gasteiger charge is -2.14. The monoisotopic (exact) mass is 201 g/mol. The molecule has 1 rings (SSSR count). The molecule has 0 bridgehead atoms. The van der Waals surface area contributed by atoms with Crippen molar-refractivity contribution in [2.45, 2.75) is 6.04 Å². The molecule has 13 heavy (non-hydrogen) atoms. The number of nitrogens with one attached hydrogen (secondary N) is 1. The maximum absolute atomic E-state index is 9.49. The number of likely N-dealkylation sites (N-methyl/N-ethyl adjacent to an activating group) is 1. The number of aliphatic hydroxyl groups excluding tert-OH is 1. The predicted octanol–water partition coefficient (Wildman–Crippen LogP) is 1.30. The Balaban J connectivity index is 2.99. The van der Waals surface area contributed by atoms with Gasteiger partial charge in [-0.15, -0.1) is 0 Å². The Kier molecular flexibility index (Phi) is 3.54. The molecule has 1 atom stereocenters. The first-order chi connectivity index (χ1) is 6.19. The molecule has 0 aliphatic heterocycles. The third kappa shape index (κ3) is 2.34. The van der Waals surface area contributed by atoms with Gasteiger partial charge in [0.1, 0.15) is 5.75 Å². The lowest BCUT2D eigenvalue weighted by atomic mass is 10.1. The summed E-state index contributed by atoms with van der Waals surface area (Å²) in [5, 5.41) is 21.8. The van der Waals surface area contributed by atoms with Crippen LogP contribution in [0.4, 0.5) is 0 Å². The van der Waals surface area contributed by atoms with Crippen LogP contribution in [-0.2, 0) is 0 Å². The van der Waals surface area contributed by atoms with Gasteiger partial charge in [-0.25, -0.2) is 0 Å². The lowest BCUT2D eigenvalue weighted by Crippen LogP contribution is -2.19. The van der Waals surface area contributed by atoms with Gasteiger partial charge in [0.05, 0.1) is 12.6 Å². The molecule has 0 spiro atoms. The number of aromatic hydroxyl groups is 1. The van der Waals surface area contributed by atoms with Crippen molar-refractivity contribution < 1.29 is 10.2 Å². The van der Waals surface area contributed by atoms with Crippen LogP contribution in [0.1, 0.15) is 11.6 Å². The third-order valence-electron chi connectivity index (χ3n) is 1.90. The highest BCUT2D eigenvalue weighted by atomic mass is 35.5. The minimum Gasteiger partial charge on any atom is -0.508 e. The fourth-order valence-electron chi connectivity index (χ4n) is 1.16. The van der Waals surface area contributed by atoms with Gasteiger partial charge in [0.25, 0.3) is 0 Å². The summed E-state index contributed by atoms with van der Waals surface area (Å²) in [5.41, 5.74) is 0.648. The fourth-order valence-corrected chi connectivity index (χ4v) is 1.32. The van der Waals surface area contributed by atoms with Crippen LogP contribution in [0.25, 0.3) is 0 Å². The third-order valence-corrected chi connectivity index (χ3v) is 2.13. The summed E-state index contributed by atoms with van der Waals surface area (Å²) in [6, 6.07) is 4.57. The second kappa shape index (κ2) is 4.46. The maximum Gasteiger partial charge on any atom is 0.121 e. The molecule has 3 nitrogen and oxygen atoms in total. The van der Waals surface area contributed by atoms with Crippen LogP contribution in [0.15, 0.2) is 18.2 Å². The minimum atomic E-state index is -0.253. The average molecular weight is 202 g/mol. The van der Waals surface area contributed by atoms with Crippen molar-refractivity contribution in [2.75, 3.05) is 13.7 Å². The molecule has 3 N–H and O–H groups in total. The molecule has 72 valence electrons. The summed E-state index contributed by atoms with van der Waals surface area (Å²) in [7, 11) is 1.72. The van der Waals surface area contributed by atoms with Crippen LogP contribution < -0.4 is 5.32 Å². The van der Waals surface area contributed by atoms with E-state index in [1.807, 2.05) is 0 Å². The highest BCUT2D eigenvalue weighted by molar-refractivity contribution is 6.30. The normalized spacial score (nSPS) is 12.8. The molecule has 1 aromatic rings. The van der Waals surface area contributed by atoms with Gasteiger partial charge in [0.2, 0.25) is 0 Å². The van der Waals surface area contributed by atoms with Crippen molar-refractivity contribution in [3.8, 4) is 5.75 Å². The smallest absolute Gasteiger partial charge is 0.121 e. The van der Waals surface area contributed by atoms with Crippen molar-refractivity contribution in [1.82, 2.24) is 5.32 Å². The van der Waals surface area contributed by atoms with Gasteiger partial charge in [-0.05, 0) is 19.2 Å². The van der Waals surface area contributed by atoms with E-state index >= 15 is 0 Å². The topological polar surface area (TPSA) is 52.5 Å². The van der Waals surface area contributed by atoms with E-state index < -0.39 is 0 Å². The molecule has 0 heterocycles. The summed E-state index contributed by atoms with van der Waals surface area (Å²) < 4.78 is 0. The molecule has 0 saturated heterocycles. The Morgan fingerprint density at radius 1 is 1.54 bits per heavy atom. The Hall–Kier alpha value is -0.770. The molecule has 0 amide bonds. The standard InChI is InChI=1S/C9H12ClNO2/c1-11-8(5-12)7-3-2-6(10)4-9(7)13/h2-4,8,11-13H,5H2,1H3. The van der Waals surface area contributed by atoms with Crippen molar-refractivity contribution in [3.63, 3.8) is 0 Å². The molecular formula is C9H12ClNO2. The van der Waals surface area contributed by atoms with E-state index in [4.69, 9.17) is 16.7 Å². The zero-order valence-corrected chi connectivity index (χ0v) is 8.04. The molecule has 0 radical (unpaired) electrons. The van der Waals surface area contributed by atoms with Gasteiger partial charge in [-0.3, -0.25) is 0 Å². The number of hydrogen-bond donors (Lipinski definition) is 3. The summed E-state index contributed by atoms with van der Waals surface area (Å²) in [6.45, 7) is -0.0638. The van der Waals surface area contributed by atoms with Gasteiger partial charge in [-0.2, -0.15) is 0 Å². The van der Waals surface area contributed by atoms with Crippen LogP contribution in [0, 0.1) is 0 Å². The molecule has 0 aliphatic carbocycles. The molecule has 0 aromatic heterocycles. The van der Waals surface area contributed by atoms with E-state index in [-0.39, 0.29) is 18.4 Å². The molecular weight excluding hydrogens is 190 g/mol. The first-order valence-electron chi connectivity index (χ1n) is 3.95. The minimum absolute atomic E-state index is 0.0638. The van der Waals surface area contributed by atoms with Gasteiger partial charge < -0.3 is 15.5 Å². The summed E-state index contributed by atoms with van der Waals surface area (Å²) >= 11 is 5.67. The molecule has 1 aromatic carbocycles. The number of phenolic OH excluding ortho intramolecular Hbond substituents is 1. The first kappa shape index (κ1) is 10.3. The second-order valence-electron chi connectivity index (χ2n) is 2.73. The molecule has 0 saturated carbocycles. The largest absolute Gasteiger partial charge is 0.508 e. The zero-order valence-electron chi connectivity index (χ0n) is 7.29. The maximum atomic E-state index is 9.49. The number of hydrogen-bond acceptors (Lipinski definition) is 3. The average Bonchev–Trinajstić information content (AvgIpc) is 2.10. The van der Waals surface area contributed by atoms with E-state index in [9.17, 15) is 5.11 Å². The number of benzene rings is 1. The van der Waals surface area contributed by atoms with Crippen molar-refractivity contribution >= 4 is 11.6 Å². The van der Waals surface area contributed by atoms with E-state index in [2.05, 4.69) is 5.32 Å². The highest BCUT2D eigenvalue weighted by Crippen LogP contribution is 2.26. The SMILES string of the molecule is CNC(CO)c1ccc(Cl)cc1O. The number of halogens is 1. The zero-order chi connectivity index (χ0) is 9.84. The fraction of sp³-hybridized carbons (Fsp3) is 0.333. The Bertz CT molecular complexity index is 287. The van der Waals surface area contributed by atoms with Crippen molar-refractivity contribution in [3.05, 3.63) is 28.8 Å². The first-order valence-corrected chi connectivity index (χ1v) is 4.33. The molecule has 4 heteroatoms. The summed E-state index contributed by atoms with van der Waals surface area (Å²) in [6.07, 6.45) is 0. The lowest BCUT2D eigenvalue weighted by molar-refractivity contribution is 0.248. The second-order valence-corrected chi connectivity index (χ2v) is 3.16. The quantitative estimate of drug-likeness (QED) is 0.691. The Labute approximate surface area is 82.0 Å². The van der Waals surface area contributed by atoms with E-state index in [0.29, 0.717) is 10.6 Å². The molecule has 0 aliphatic rings. The summed E-state index contributed by atoms with van der Waals surface area (Å²) in [5.74, 6) is 0.0981. The Morgan fingerprint density at radius 3 is 2.69 bits per heavy atom. The van der Waals surface area contributed by atoms with E-state index in [0.717, 1.165) is 0 Å². The summed E-state index contributed by atoms with van der Waals surface area (Å²) in [4.78, 5) is 0. The number of aliphatic hydroxyl groups is 1. The van der Waals surface area contributed by atoms with Crippen LogP contribution in [0.2, 0.25) is 5.02 Å². The predicted molar refractivity (Wildman–Crippen MR) is 52.0 cm³/mol. The molecule has 0 fully saturated rings. The van der Waals surface area contributed by atoms with Crippen LogP contribution in [0.5, 0.6) is 5.75 Å². The van der Waals surface area contributed by atoms with Crippen LogP contribution in [-0.4, -0.2) is 23.9 Å². The van der Waals surface area contributed by atoms with Crippen LogP contribution in [0.3, 0.4) is 0 Å². The number of phenols is 1. The van der Waals surface area contributed by atoms with E-state index in [1.54, 1.807) is 19.2 Å².